The van der Waals surface area contributed by atoms with Gasteiger partial charge in [0.2, 0.25) is 5.89 Å². The van der Waals surface area contributed by atoms with Crippen LogP contribution in [0.15, 0.2) is 87.7 Å². The van der Waals surface area contributed by atoms with Gasteiger partial charge in [-0.3, -0.25) is 14.9 Å². The second-order valence-corrected chi connectivity index (χ2v) is 7.11. The van der Waals surface area contributed by atoms with Gasteiger partial charge in [0.1, 0.15) is 17.1 Å². The number of anilines is 1. The second-order valence-electron chi connectivity index (χ2n) is 7.11. The molecule has 1 amide bonds. The third-order valence-corrected chi connectivity index (χ3v) is 4.92. The fourth-order valence-electron chi connectivity index (χ4n) is 3.34. The molecule has 9 heteroatoms. The van der Waals surface area contributed by atoms with Crippen molar-refractivity contribution in [2.24, 2.45) is 0 Å². The minimum atomic E-state index is -0.510. The van der Waals surface area contributed by atoms with Crippen LogP contribution < -0.4 is 5.32 Å². The highest BCUT2D eigenvalue weighted by Crippen LogP contribution is 2.29. The Hall–Kier alpha value is -4.79. The molecule has 2 heterocycles. The van der Waals surface area contributed by atoms with Crippen LogP contribution in [-0.2, 0) is 0 Å². The predicted molar refractivity (Wildman–Crippen MR) is 118 cm³/mol. The number of non-ortho nitro benzene ring substituents is 1. The number of nitro groups is 1. The van der Waals surface area contributed by atoms with Crippen molar-refractivity contribution in [2.45, 2.75) is 0 Å². The van der Waals surface area contributed by atoms with Gasteiger partial charge in [0.05, 0.1) is 10.5 Å². The van der Waals surface area contributed by atoms with Crippen LogP contribution in [0.3, 0.4) is 0 Å². The molecule has 0 aliphatic heterocycles. The summed E-state index contributed by atoms with van der Waals surface area (Å²) in [5.41, 5.74) is 1.97. The predicted octanol–water partition coefficient (Wildman–Crippen LogP) is 6.05. The molecule has 1 N–H and O–H groups in total. The minimum Gasteiger partial charge on any atom is -0.451 e. The fourth-order valence-corrected chi connectivity index (χ4v) is 3.34. The smallest absolute Gasteiger partial charge is 0.291 e. The van der Waals surface area contributed by atoms with Crippen molar-refractivity contribution in [3.8, 4) is 22.8 Å². The molecule has 0 saturated heterocycles. The van der Waals surface area contributed by atoms with Crippen LogP contribution in [0.25, 0.3) is 33.9 Å². The Morgan fingerprint density at radius 3 is 2.64 bits per heavy atom. The highest BCUT2D eigenvalue weighted by atomic mass is 19.1. The average Bonchev–Trinajstić information content (AvgIpc) is 3.47. The number of carbonyl (C=O) groups is 1. The number of hydrogen-bond acceptors (Lipinski definition) is 6. The zero-order chi connectivity index (χ0) is 22.9. The summed E-state index contributed by atoms with van der Waals surface area (Å²) in [5.74, 6) is -0.466. The number of aromatic nitrogens is 1. The van der Waals surface area contributed by atoms with E-state index in [4.69, 9.17) is 8.83 Å². The molecular weight excluding hydrogens is 429 g/mol. The van der Waals surface area contributed by atoms with E-state index in [-0.39, 0.29) is 22.9 Å². The van der Waals surface area contributed by atoms with Crippen LogP contribution in [0.4, 0.5) is 15.8 Å². The lowest BCUT2D eigenvalue weighted by atomic mass is 10.1. The summed E-state index contributed by atoms with van der Waals surface area (Å²) in [6.07, 6.45) is 0. The maximum atomic E-state index is 14.0. The molecule has 0 bridgehead atoms. The van der Waals surface area contributed by atoms with Gasteiger partial charge in [-0.15, -0.1) is 0 Å². The molecule has 2 aromatic heterocycles. The standard InChI is InChI=1S/C24H14FN3O5/c25-18-7-2-1-6-17(18)24-27-19-13-15(8-9-21(19)33-24)26-23(29)22-11-10-20(32-22)14-4-3-5-16(12-14)28(30)31/h1-13H,(H,26,29). The molecule has 162 valence electrons. The topological polar surface area (TPSA) is 111 Å². The molecular formula is C24H14FN3O5. The Labute approximate surface area is 185 Å². The van der Waals surface area contributed by atoms with Crippen LogP contribution in [0.2, 0.25) is 0 Å². The number of nitrogens with one attached hydrogen (secondary N) is 1. The van der Waals surface area contributed by atoms with Gasteiger partial charge >= 0.3 is 0 Å². The summed E-state index contributed by atoms with van der Waals surface area (Å²) in [5, 5.41) is 13.7. The summed E-state index contributed by atoms with van der Waals surface area (Å²) in [6.45, 7) is 0. The number of fused-ring (bicyclic) bond motifs is 1. The minimum absolute atomic E-state index is 0.0313. The van der Waals surface area contributed by atoms with E-state index >= 15 is 0 Å². The van der Waals surface area contributed by atoms with Gasteiger partial charge < -0.3 is 14.2 Å². The summed E-state index contributed by atoms with van der Waals surface area (Å²) >= 11 is 0. The molecule has 0 fully saturated rings. The lowest BCUT2D eigenvalue weighted by Gasteiger charge is -2.02. The van der Waals surface area contributed by atoms with E-state index in [1.165, 1.54) is 24.3 Å². The zero-order valence-corrected chi connectivity index (χ0v) is 16.8. The molecule has 0 aliphatic rings. The second kappa shape index (κ2) is 8.04. The van der Waals surface area contributed by atoms with E-state index in [0.29, 0.717) is 28.1 Å². The third-order valence-electron chi connectivity index (χ3n) is 4.92. The first kappa shape index (κ1) is 20.1. The van der Waals surface area contributed by atoms with Gasteiger partial charge in [0.25, 0.3) is 11.6 Å². The van der Waals surface area contributed by atoms with E-state index in [2.05, 4.69) is 10.3 Å². The quantitative estimate of drug-likeness (QED) is 0.261. The van der Waals surface area contributed by atoms with Gasteiger partial charge in [-0.25, -0.2) is 9.37 Å². The number of furan rings is 1. The first-order valence-corrected chi connectivity index (χ1v) is 9.79. The van der Waals surface area contributed by atoms with Crippen molar-refractivity contribution < 1.29 is 22.9 Å². The van der Waals surface area contributed by atoms with Crippen molar-refractivity contribution in [1.82, 2.24) is 4.98 Å². The number of nitrogens with zero attached hydrogens (tertiary/aromatic N) is 2. The van der Waals surface area contributed by atoms with E-state index in [1.54, 1.807) is 54.6 Å². The number of benzene rings is 3. The molecule has 5 aromatic rings. The number of nitro benzene ring substituents is 1. The van der Waals surface area contributed by atoms with Crippen LogP contribution in [0.5, 0.6) is 0 Å². The number of amides is 1. The van der Waals surface area contributed by atoms with Crippen LogP contribution >= 0.6 is 0 Å². The maximum absolute atomic E-state index is 14.0. The number of halogens is 1. The van der Waals surface area contributed by atoms with Gasteiger partial charge in [-0.1, -0.05) is 24.3 Å². The molecule has 0 spiro atoms. The highest BCUT2D eigenvalue weighted by molar-refractivity contribution is 6.03. The SMILES string of the molecule is O=C(Nc1ccc2oc(-c3ccccc3F)nc2c1)c1ccc(-c2cccc([N+](=O)[O-])c2)o1. The fraction of sp³-hybridized carbons (Fsp3) is 0. The van der Waals surface area contributed by atoms with Crippen molar-refractivity contribution in [3.63, 3.8) is 0 Å². The Balaban J connectivity index is 1.37. The molecule has 0 radical (unpaired) electrons. The lowest BCUT2D eigenvalue weighted by Crippen LogP contribution is -2.10. The normalized spacial score (nSPS) is 10.9. The van der Waals surface area contributed by atoms with Crippen molar-refractivity contribution in [1.29, 1.82) is 0 Å². The molecule has 0 aliphatic carbocycles. The van der Waals surface area contributed by atoms with Gasteiger partial charge in [0.15, 0.2) is 11.3 Å². The zero-order valence-electron chi connectivity index (χ0n) is 16.8. The van der Waals surface area contributed by atoms with Gasteiger partial charge in [-0.2, -0.15) is 0 Å². The molecule has 0 saturated carbocycles. The summed E-state index contributed by atoms with van der Waals surface area (Å²) < 4.78 is 25.2. The first-order valence-electron chi connectivity index (χ1n) is 9.79. The number of hydrogen-bond donors (Lipinski definition) is 1. The van der Waals surface area contributed by atoms with E-state index in [9.17, 15) is 19.3 Å². The molecule has 0 atom stereocenters. The maximum Gasteiger partial charge on any atom is 0.291 e. The van der Waals surface area contributed by atoms with Crippen molar-refractivity contribution in [3.05, 3.63) is 101 Å². The number of rotatable bonds is 5. The average molecular weight is 443 g/mol. The number of carbonyl (C=O) groups excluding carboxylic acids is 1. The van der Waals surface area contributed by atoms with Crippen LogP contribution in [0.1, 0.15) is 10.6 Å². The Morgan fingerprint density at radius 2 is 1.82 bits per heavy atom. The first-order chi connectivity index (χ1) is 16.0. The Morgan fingerprint density at radius 1 is 0.970 bits per heavy atom. The van der Waals surface area contributed by atoms with E-state index in [1.807, 2.05) is 0 Å². The molecule has 5 rings (SSSR count). The van der Waals surface area contributed by atoms with Gasteiger partial charge in [-0.05, 0) is 42.5 Å². The van der Waals surface area contributed by atoms with E-state index < -0.39 is 16.6 Å². The summed E-state index contributed by atoms with van der Waals surface area (Å²) in [6, 6.07) is 20.0. The van der Waals surface area contributed by atoms with Crippen molar-refractivity contribution in [2.75, 3.05) is 5.32 Å². The molecule has 3 aromatic carbocycles. The molecule has 0 unspecified atom stereocenters. The van der Waals surface area contributed by atoms with Crippen LogP contribution in [-0.4, -0.2) is 15.8 Å². The van der Waals surface area contributed by atoms with Gasteiger partial charge in [0, 0.05) is 23.4 Å². The van der Waals surface area contributed by atoms with Crippen LogP contribution in [0, 0.1) is 15.9 Å². The largest absolute Gasteiger partial charge is 0.451 e. The highest BCUT2D eigenvalue weighted by Gasteiger charge is 2.16. The lowest BCUT2D eigenvalue weighted by molar-refractivity contribution is -0.384. The Bertz CT molecular complexity index is 1520. The van der Waals surface area contributed by atoms with E-state index in [0.717, 1.165) is 0 Å². The Kier molecular flexibility index (Phi) is 4.91. The van der Waals surface area contributed by atoms with Crippen molar-refractivity contribution >= 4 is 28.4 Å². The summed E-state index contributed by atoms with van der Waals surface area (Å²) in [7, 11) is 0. The molecule has 8 nitrogen and oxygen atoms in total. The third kappa shape index (κ3) is 3.94. The summed E-state index contributed by atoms with van der Waals surface area (Å²) in [4.78, 5) is 27.4. The number of oxazole rings is 1. The molecule has 33 heavy (non-hydrogen) atoms. The monoisotopic (exact) mass is 443 g/mol.